The number of hydrogen-bond acceptors (Lipinski definition) is 5. The molecule has 0 saturated carbocycles. The summed E-state index contributed by atoms with van der Waals surface area (Å²) in [5.74, 6) is 6.26. The summed E-state index contributed by atoms with van der Waals surface area (Å²) < 4.78 is 50.0. The summed E-state index contributed by atoms with van der Waals surface area (Å²) in [5.41, 5.74) is 1.09. The first kappa shape index (κ1) is 25.2. The van der Waals surface area contributed by atoms with Crippen LogP contribution in [0, 0.1) is 18.8 Å². The average molecular weight is 504 g/mol. The molecule has 0 spiro atoms. The molecule has 2 unspecified atom stereocenters. The summed E-state index contributed by atoms with van der Waals surface area (Å²) in [6, 6.07) is 11.5. The van der Waals surface area contributed by atoms with Crippen molar-refractivity contribution in [2.24, 2.45) is 0 Å². The van der Waals surface area contributed by atoms with Gasteiger partial charge in [0, 0.05) is 18.5 Å². The Balaban J connectivity index is 1.96. The predicted molar refractivity (Wildman–Crippen MR) is 127 cm³/mol. The number of tetrazole rings is 1. The highest BCUT2D eigenvalue weighted by molar-refractivity contribution is 6.19. The van der Waals surface area contributed by atoms with E-state index in [0.717, 1.165) is 37.1 Å². The molecule has 1 aliphatic rings. The molecule has 1 saturated heterocycles. The number of ether oxygens (including phenoxy) is 1. The Morgan fingerprint density at radius 2 is 2.03 bits per heavy atom. The van der Waals surface area contributed by atoms with Crippen LogP contribution < -0.4 is 5.32 Å². The molecule has 3 aromatic rings. The second-order valence-corrected chi connectivity index (χ2v) is 8.51. The van der Waals surface area contributed by atoms with E-state index in [1.807, 2.05) is 30.3 Å². The van der Waals surface area contributed by atoms with E-state index >= 15 is 0 Å². The van der Waals surface area contributed by atoms with E-state index in [4.69, 9.17) is 16.3 Å². The van der Waals surface area contributed by atoms with Crippen LogP contribution in [0.2, 0.25) is 0 Å². The average Bonchev–Trinajstić information content (AvgIpc) is 3.29. The zero-order chi connectivity index (χ0) is 24.8. The number of aromatic nitrogens is 4. The van der Waals surface area contributed by atoms with E-state index in [1.165, 1.54) is 4.68 Å². The molecule has 4 rings (SSSR count). The summed E-state index contributed by atoms with van der Waals surface area (Å²) in [7, 11) is 0. The molecule has 0 bridgehead atoms. The minimum Gasteiger partial charge on any atom is -0.368 e. The maximum atomic E-state index is 14.1. The van der Waals surface area contributed by atoms with Gasteiger partial charge in [-0.25, -0.2) is 0 Å². The van der Waals surface area contributed by atoms with Gasteiger partial charge >= 0.3 is 6.18 Å². The van der Waals surface area contributed by atoms with Gasteiger partial charge in [0.25, 0.3) is 0 Å². The molecule has 1 aromatic heterocycles. The van der Waals surface area contributed by atoms with Crippen molar-refractivity contribution >= 4 is 11.6 Å². The van der Waals surface area contributed by atoms with E-state index in [1.54, 1.807) is 6.92 Å². The summed E-state index contributed by atoms with van der Waals surface area (Å²) in [5, 5.41) is 14.8. The van der Waals surface area contributed by atoms with Gasteiger partial charge in [-0.2, -0.15) is 17.9 Å². The van der Waals surface area contributed by atoms with E-state index in [-0.39, 0.29) is 24.1 Å². The molecular weight excluding hydrogens is 479 g/mol. The van der Waals surface area contributed by atoms with E-state index in [9.17, 15) is 13.2 Å². The Kier molecular flexibility index (Phi) is 8.06. The van der Waals surface area contributed by atoms with Crippen molar-refractivity contribution < 1.29 is 17.9 Å². The van der Waals surface area contributed by atoms with Crippen molar-refractivity contribution in [3.63, 3.8) is 0 Å². The highest BCUT2D eigenvalue weighted by Crippen LogP contribution is 2.42. The SMILES string of the molecule is Cc1nnnn1-c1cc(C(F)(F)F)cc(C(CC#CCCl)OC2CCCNC2)c1-c1ccccc1. The summed E-state index contributed by atoms with van der Waals surface area (Å²) in [6.07, 6.45) is -3.52. The fourth-order valence-corrected chi connectivity index (χ4v) is 4.31. The molecular formula is C25H25ClF3N5O. The normalized spacial score (nSPS) is 17.0. The fourth-order valence-electron chi connectivity index (χ4n) is 4.22. The zero-order valence-corrected chi connectivity index (χ0v) is 19.9. The molecule has 0 aliphatic carbocycles. The molecule has 2 atom stereocenters. The van der Waals surface area contributed by atoms with E-state index in [2.05, 4.69) is 32.7 Å². The molecule has 184 valence electrons. The molecule has 35 heavy (non-hydrogen) atoms. The van der Waals surface area contributed by atoms with Crippen molar-refractivity contribution in [2.75, 3.05) is 19.0 Å². The van der Waals surface area contributed by atoms with Crippen LogP contribution in [0.3, 0.4) is 0 Å². The Labute approximate surface area is 206 Å². The van der Waals surface area contributed by atoms with Crippen LogP contribution in [0.4, 0.5) is 13.2 Å². The van der Waals surface area contributed by atoms with Crippen molar-refractivity contribution in [1.82, 2.24) is 25.5 Å². The lowest BCUT2D eigenvalue weighted by atomic mass is 9.90. The number of rotatable bonds is 6. The van der Waals surface area contributed by atoms with Crippen molar-refractivity contribution in [3.8, 4) is 28.7 Å². The molecule has 1 fully saturated rings. The first-order chi connectivity index (χ1) is 16.9. The van der Waals surface area contributed by atoms with Crippen molar-refractivity contribution in [3.05, 3.63) is 59.4 Å². The number of halogens is 4. The number of nitrogens with zero attached hydrogens (tertiary/aromatic N) is 4. The van der Waals surface area contributed by atoms with Crippen LogP contribution in [0.1, 0.15) is 42.3 Å². The number of piperidine rings is 1. The number of alkyl halides is 4. The molecule has 10 heteroatoms. The quantitative estimate of drug-likeness (QED) is 0.374. The lowest BCUT2D eigenvalue weighted by Crippen LogP contribution is -2.36. The number of nitrogens with one attached hydrogen (secondary N) is 1. The van der Waals surface area contributed by atoms with Gasteiger partial charge in [0.2, 0.25) is 0 Å². The van der Waals surface area contributed by atoms with Gasteiger partial charge in [-0.15, -0.1) is 16.7 Å². The van der Waals surface area contributed by atoms with Crippen LogP contribution >= 0.6 is 11.6 Å². The smallest absolute Gasteiger partial charge is 0.368 e. The molecule has 0 radical (unpaired) electrons. The number of benzene rings is 2. The standard InChI is InChI=1S/C25H25ClF3N5O/c1-17-31-32-33-34(17)22-15-19(25(27,28)29)14-21(24(22)18-8-3-2-4-9-18)23(11-5-6-12-26)35-20-10-7-13-30-16-20/h2-4,8-9,14-15,20,23,30H,7,10-13,16H2,1H3. The van der Waals surface area contributed by atoms with Gasteiger partial charge in [-0.1, -0.05) is 42.2 Å². The Hall–Kier alpha value is -2.93. The minimum absolute atomic E-state index is 0.126. The van der Waals surface area contributed by atoms with Crippen LogP contribution in [-0.2, 0) is 10.9 Å². The van der Waals surface area contributed by atoms with Gasteiger partial charge < -0.3 is 10.1 Å². The topological polar surface area (TPSA) is 64.9 Å². The Bertz CT molecular complexity index is 1200. The van der Waals surface area contributed by atoms with Crippen molar-refractivity contribution in [1.29, 1.82) is 0 Å². The number of aryl methyl sites for hydroxylation is 1. The highest BCUT2D eigenvalue weighted by Gasteiger charge is 2.35. The first-order valence-corrected chi connectivity index (χ1v) is 11.9. The minimum atomic E-state index is -4.58. The fraction of sp³-hybridized carbons (Fsp3) is 0.400. The summed E-state index contributed by atoms with van der Waals surface area (Å²) in [4.78, 5) is 0. The highest BCUT2D eigenvalue weighted by atomic mass is 35.5. The predicted octanol–water partition coefficient (Wildman–Crippen LogP) is 5.10. The van der Waals surface area contributed by atoms with Gasteiger partial charge in [0.1, 0.15) is 0 Å². The van der Waals surface area contributed by atoms with Crippen LogP contribution in [-0.4, -0.2) is 45.3 Å². The van der Waals surface area contributed by atoms with Crippen LogP contribution in [0.15, 0.2) is 42.5 Å². The third-order valence-corrected chi connectivity index (χ3v) is 5.96. The van der Waals surface area contributed by atoms with Crippen LogP contribution in [0.25, 0.3) is 16.8 Å². The van der Waals surface area contributed by atoms with Crippen molar-refractivity contribution in [2.45, 2.75) is 44.6 Å². The third kappa shape index (κ3) is 6.01. The zero-order valence-electron chi connectivity index (χ0n) is 19.1. The van der Waals surface area contributed by atoms with Crippen LogP contribution in [0.5, 0.6) is 0 Å². The Morgan fingerprint density at radius 1 is 1.23 bits per heavy atom. The molecule has 1 N–H and O–H groups in total. The first-order valence-electron chi connectivity index (χ1n) is 11.3. The maximum absolute atomic E-state index is 14.1. The molecule has 6 nitrogen and oxygen atoms in total. The lowest BCUT2D eigenvalue weighted by molar-refractivity contribution is -0.137. The van der Waals surface area contributed by atoms with Gasteiger partial charge in [0.05, 0.1) is 29.3 Å². The largest absolute Gasteiger partial charge is 0.416 e. The third-order valence-electron chi connectivity index (χ3n) is 5.83. The van der Waals surface area contributed by atoms with Gasteiger partial charge in [0.15, 0.2) is 5.82 Å². The summed E-state index contributed by atoms with van der Waals surface area (Å²) >= 11 is 5.75. The second kappa shape index (κ2) is 11.2. The summed E-state index contributed by atoms with van der Waals surface area (Å²) in [6.45, 7) is 3.15. The monoisotopic (exact) mass is 503 g/mol. The van der Waals surface area contributed by atoms with Gasteiger partial charge in [-0.05, 0) is 60.0 Å². The number of hydrogen-bond donors (Lipinski definition) is 1. The molecule has 1 aliphatic heterocycles. The molecule has 0 amide bonds. The molecule has 2 aromatic carbocycles. The van der Waals surface area contributed by atoms with E-state index in [0.29, 0.717) is 23.5 Å². The maximum Gasteiger partial charge on any atom is 0.416 e. The van der Waals surface area contributed by atoms with Gasteiger partial charge in [-0.3, -0.25) is 0 Å². The lowest BCUT2D eigenvalue weighted by Gasteiger charge is -2.30. The Morgan fingerprint density at radius 3 is 2.66 bits per heavy atom. The molecule has 2 heterocycles. The van der Waals surface area contributed by atoms with E-state index < -0.39 is 17.8 Å². The second-order valence-electron chi connectivity index (χ2n) is 8.25.